The molecular weight excluding hydrogens is 276 g/mol. The molecule has 0 bridgehead atoms. The maximum Gasteiger partial charge on any atom is 0.241 e. The van der Waals surface area contributed by atoms with Crippen molar-refractivity contribution in [2.45, 2.75) is 12.5 Å². The lowest BCUT2D eigenvalue weighted by Crippen LogP contribution is -2.36. The lowest BCUT2D eigenvalue weighted by Gasteiger charge is -2.14. The van der Waals surface area contributed by atoms with Crippen LogP contribution in [0.5, 0.6) is 11.5 Å². The summed E-state index contributed by atoms with van der Waals surface area (Å²) < 4.78 is 15.4. The van der Waals surface area contributed by atoms with Gasteiger partial charge in [-0.15, -0.1) is 0 Å². The van der Waals surface area contributed by atoms with Crippen molar-refractivity contribution in [3.8, 4) is 11.5 Å². The zero-order chi connectivity index (χ0) is 15.7. The first kappa shape index (κ1) is 17.2. The summed E-state index contributed by atoms with van der Waals surface area (Å²) in [5.74, 6) is 0.658. The third-order valence-corrected chi connectivity index (χ3v) is 2.75. The van der Waals surface area contributed by atoms with Crippen molar-refractivity contribution >= 4 is 11.6 Å². The fourth-order valence-corrected chi connectivity index (χ4v) is 1.63. The van der Waals surface area contributed by atoms with Gasteiger partial charge in [-0.2, -0.15) is 0 Å². The molecule has 0 aliphatic heterocycles. The highest BCUT2D eigenvalue weighted by Gasteiger charge is 2.14. The Labute approximate surface area is 124 Å². The van der Waals surface area contributed by atoms with E-state index in [0.717, 1.165) is 0 Å². The van der Waals surface area contributed by atoms with E-state index in [2.05, 4.69) is 5.32 Å². The fraction of sp³-hybridized carbons (Fsp3) is 0.500. The minimum Gasteiger partial charge on any atom is -0.493 e. The molecule has 1 amide bonds. The molecule has 0 heterocycles. The van der Waals surface area contributed by atoms with Crippen LogP contribution in [0.3, 0.4) is 0 Å². The van der Waals surface area contributed by atoms with Gasteiger partial charge in [0.15, 0.2) is 11.5 Å². The first-order chi connectivity index (χ1) is 10.1. The zero-order valence-electron chi connectivity index (χ0n) is 12.3. The molecule has 0 aliphatic rings. The van der Waals surface area contributed by atoms with Crippen molar-refractivity contribution in [1.82, 2.24) is 0 Å². The van der Waals surface area contributed by atoms with E-state index in [0.29, 0.717) is 30.2 Å². The molecule has 1 atom stereocenters. The molecule has 0 spiro atoms. The molecule has 0 saturated heterocycles. The number of rotatable bonds is 9. The summed E-state index contributed by atoms with van der Waals surface area (Å²) in [5, 5.41) is 11.5. The molecule has 0 aromatic heterocycles. The van der Waals surface area contributed by atoms with Gasteiger partial charge in [-0.25, -0.2) is 0 Å². The molecule has 7 nitrogen and oxygen atoms in total. The Bertz CT molecular complexity index is 453. The number of anilines is 1. The van der Waals surface area contributed by atoms with Crippen LogP contribution in [0.25, 0.3) is 0 Å². The summed E-state index contributed by atoms with van der Waals surface area (Å²) in [6, 6.07) is 4.33. The highest BCUT2D eigenvalue weighted by molar-refractivity contribution is 5.94. The number of methoxy groups -OCH3 is 2. The number of nitrogens with two attached hydrogens (primary N) is 1. The third kappa shape index (κ3) is 5.58. The number of aliphatic hydroxyl groups is 1. The largest absolute Gasteiger partial charge is 0.493 e. The second-order valence-electron chi connectivity index (χ2n) is 4.31. The topological polar surface area (TPSA) is 103 Å². The van der Waals surface area contributed by atoms with Gasteiger partial charge in [-0.3, -0.25) is 4.79 Å². The van der Waals surface area contributed by atoms with E-state index < -0.39 is 6.04 Å². The van der Waals surface area contributed by atoms with Crippen LogP contribution in [0.4, 0.5) is 5.69 Å². The molecule has 1 rings (SSSR count). The molecule has 7 heteroatoms. The zero-order valence-corrected chi connectivity index (χ0v) is 12.3. The molecule has 118 valence electrons. The standard InChI is InChI=1S/C14H22N2O5/c1-19-7-5-11(15)14(18)16-10-3-4-12(20-2)13(9-10)21-8-6-17/h3-4,9,11,17H,5-8,15H2,1-2H3,(H,16,18). The molecule has 1 aromatic carbocycles. The summed E-state index contributed by atoms with van der Waals surface area (Å²) in [6.07, 6.45) is 0.437. The number of hydrogen-bond donors (Lipinski definition) is 3. The van der Waals surface area contributed by atoms with E-state index in [4.69, 9.17) is 25.1 Å². The van der Waals surface area contributed by atoms with Gasteiger partial charge in [0.2, 0.25) is 5.91 Å². The highest BCUT2D eigenvalue weighted by Crippen LogP contribution is 2.30. The van der Waals surface area contributed by atoms with E-state index in [1.54, 1.807) is 25.3 Å². The highest BCUT2D eigenvalue weighted by atomic mass is 16.5. The molecule has 4 N–H and O–H groups in total. The van der Waals surface area contributed by atoms with Crippen molar-refractivity contribution in [1.29, 1.82) is 0 Å². The minimum absolute atomic E-state index is 0.109. The lowest BCUT2D eigenvalue weighted by atomic mass is 10.2. The first-order valence-corrected chi connectivity index (χ1v) is 6.59. The SMILES string of the molecule is COCCC(N)C(=O)Nc1ccc(OC)c(OCCO)c1. The Kier molecular flexibility index (Phi) is 7.52. The van der Waals surface area contributed by atoms with Crippen LogP contribution in [-0.4, -0.2) is 51.1 Å². The summed E-state index contributed by atoms with van der Waals surface area (Å²) in [5.41, 5.74) is 6.29. The third-order valence-electron chi connectivity index (χ3n) is 2.75. The van der Waals surface area contributed by atoms with Crippen LogP contribution < -0.4 is 20.5 Å². The van der Waals surface area contributed by atoms with Gasteiger partial charge in [-0.1, -0.05) is 0 Å². The Morgan fingerprint density at radius 1 is 1.33 bits per heavy atom. The maximum absolute atomic E-state index is 11.9. The molecule has 0 fully saturated rings. The number of ether oxygens (including phenoxy) is 3. The summed E-state index contributed by atoms with van der Waals surface area (Å²) in [7, 11) is 3.07. The van der Waals surface area contributed by atoms with Crippen LogP contribution >= 0.6 is 0 Å². The predicted octanol–water partition coefficient (Wildman–Crippen LogP) is 0.369. The van der Waals surface area contributed by atoms with Crippen LogP contribution in [0, 0.1) is 0 Å². The van der Waals surface area contributed by atoms with E-state index >= 15 is 0 Å². The van der Waals surface area contributed by atoms with E-state index in [1.807, 2.05) is 0 Å². The molecular formula is C14H22N2O5. The average Bonchev–Trinajstić information content (AvgIpc) is 2.50. The number of aliphatic hydroxyl groups excluding tert-OH is 1. The van der Waals surface area contributed by atoms with Crippen molar-refractivity contribution in [3.63, 3.8) is 0 Å². The van der Waals surface area contributed by atoms with Gasteiger partial charge in [0.25, 0.3) is 0 Å². The second-order valence-corrected chi connectivity index (χ2v) is 4.31. The number of nitrogens with one attached hydrogen (secondary N) is 1. The minimum atomic E-state index is -0.645. The predicted molar refractivity (Wildman–Crippen MR) is 78.7 cm³/mol. The Hall–Kier alpha value is -1.83. The van der Waals surface area contributed by atoms with Crippen LogP contribution in [0.2, 0.25) is 0 Å². The molecule has 1 aromatic rings. The number of carbonyl (C=O) groups is 1. The Balaban J connectivity index is 2.72. The first-order valence-electron chi connectivity index (χ1n) is 6.59. The monoisotopic (exact) mass is 298 g/mol. The molecule has 0 radical (unpaired) electrons. The Morgan fingerprint density at radius 2 is 2.10 bits per heavy atom. The quantitative estimate of drug-likeness (QED) is 0.608. The fourth-order valence-electron chi connectivity index (χ4n) is 1.63. The molecule has 1 unspecified atom stereocenters. The van der Waals surface area contributed by atoms with E-state index in [1.165, 1.54) is 7.11 Å². The molecule has 0 saturated carbocycles. The second kappa shape index (κ2) is 9.17. The van der Waals surface area contributed by atoms with Crippen LogP contribution in [-0.2, 0) is 9.53 Å². The van der Waals surface area contributed by atoms with Crippen molar-refractivity contribution in [2.24, 2.45) is 5.73 Å². The van der Waals surface area contributed by atoms with Gasteiger partial charge < -0.3 is 30.4 Å². The lowest BCUT2D eigenvalue weighted by molar-refractivity contribution is -0.117. The van der Waals surface area contributed by atoms with Gasteiger partial charge in [0, 0.05) is 25.5 Å². The van der Waals surface area contributed by atoms with Crippen LogP contribution in [0.1, 0.15) is 6.42 Å². The number of benzene rings is 1. The molecule has 21 heavy (non-hydrogen) atoms. The summed E-state index contributed by atoms with van der Waals surface area (Å²) >= 11 is 0. The maximum atomic E-state index is 11.9. The summed E-state index contributed by atoms with van der Waals surface area (Å²) in [6.45, 7) is 0.449. The molecule has 0 aliphatic carbocycles. The van der Waals surface area contributed by atoms with Crippen molar-refractivity contribution < 1.29 is 24.1 Å². The van der Waals surface area contributed by atoms with Gasteiger partial charge in [-0.05, 0) is 18.6 Å². The summed E-state index contributed by atoms with van der Waals surface area (Å²) in [4.78, 5) is 11.9. The van der Waals surface area contributed by atoms with E-state index in [9.17, 15) is 4.79 Å². The van der Waals surface area contributed by atoms with Crippen molar-refractivity contribution in [3.05, 3.63) is 18.2 Å². The van der Waals surface area contributed by atoms with E-state index in [-0.39, 0.29) is 19.1 Å². The number of carbonyl (C=O) groups excluding carboxylic acids is 1. The Morgan fingerprint density at radius 3 is 2.71 bits per heavy atom. The van der Waals surface area contributed by atoms with Gasteiger partial charge >= 0.3 is 0 Å². The van der Waals surface area contributed by atoms with Gasteiger partial charge in [0.05, 0.1) is 19.8 Å². The number of hydrogen-bond acceptors (Lipinski definition) is 6. The smallest absolute Gasteiger partial charge is 0.241 e. The number of amides is 1. The van der Waals surface area contributed by atoms with Crippen molar-refractivity contribution in [2.75, 3.05) is 39.4 Å². The van der Waals surface area contributed by atoms with Gasteiger partial charge in [0.1, 0.15) is 6.61 Å². The normalized spacial score (nSPS) is 11.8. The van der Waals surface area contributed by atoms with Crippen LogP contribution in [0.15, 0.2) is 18.2 Å². The average molecular weight is 298 g/mol.